The van der Waals surface area contributed by atoms with Crippen LogP contribution in [-0.4, -0.2) is 12.1 Å². The SMILES string of the molecule is CB(O)Nc1cc2c(Br)c(F)ccc2s1. The van der Waals surface area contributed by atoms with E-state index >= 15 is 0 Å². The van der Waals surface area contributed by atoms with Crippen molar-refractivity contribution in [2.24, 2.45) is 0 Å². The van der Waals surface area contributed by atoms with E-state index in [9.17, 15) is 4.39 Å². The van der Waals surface area contributed by atoms with E-state index in [4.69, 9.17) is 5.02 Å². The Bertz CT molecular complexity index is 502. The summed E-state index contributed by atoms with van der Waals surface area (Å²) in [5, 5.41) is 13.7. The van der Waals surface area contributed by atoms with Gasteiger partial charge in [0.1, 0.15) is 5.82 Å². The average molecular weight is 288 g/mol. The Hall–Kier alpha value is -0.585. The van der Waals surface area contributed by atoms with Crippen LogP contribution in [0.3, 0.4) is 0 Å². The molecule has 1 aromatic heterocycles. The van der Waals surface area contributed by atoms with Crippen molar-refractivity contribution >= 4 is 49.4 Å². The van der Waals surface area contributed by atoms with Gasteiger partial charge in [-0.05, 0) is 41.0 Å². The standard InChI is InChI=1S/C9H8BBrFNOS/c1-10(14)13-8-4-5-7(15-8)3-2-6(12)9(5)11/h2-4,13-14H,1H3. The minimum atomic E-state index is -0.610. The summed E-state index contributed by atoms with van der Waals surface area (Å²) in [6, 6.07) is 4.97. The lowest BCUT2D eigenvalue weighted by atomic mass is 9.89. The van der Waals surface area contributed by atoms with Gasteiger partial charge in [0.25, 0.3) is 0 Å². The molecule has 0 bridgehead atoms. The molecule has 1 aromatic carbocycles. The maximum absolute atomic E-state index is 13.2. The summed E-state index contributed by atoms with van der Waals surface area (Å²) < 4.78 is 14.7. The first kappa shape index (κ1) is 10.9. The Balaban J connectivity index is 2.51. The number of hydrogen-bond acceptors (Lipinski definition) is 3. The van der Waals surface area contributed by atoms with E-state index in [2.05, 4.69) is 21.2 Å². The highest BCUT2D eigenvalue weighted by Gasteiger charge is 2.10. The third-order valence-electron chi connectivity index (χ3n) is 1.94. The summed E-state index contributed by atoms with van der Waals surface area (Å²) in [6.07, 6.45) is 0. The second-order valence-electron chi connectivity index (χ2n) is 3.20. The maximum atomic E-state index is 13.2. The quantitative estimate of drug-likeness (QED) is 0.831. The zero-order chi connectivity index (χ0) is 11.0. The highest BCUT2D eigenvalue weighted by molar-refractivity contribution is 9.10. The van der Waals surface area contributed by atoms with E-state index in [-0.39, 0.29) is 5.82 Å². The Morgan fingerprint density at radius 3 is 2.93 bits per heavy atom. The fourth-order valence-corrected chi connectivity index (χ4v) is 2.97. The van der Waals surface area contributed by atoms with E-state index in [1.807, 2.05) is 6.07 Å². The molecule has 0 saturated carbocycles. The van der Waals surface area contributed by atoms with Crippen molar-refractivity contribution < 1.29 is 9.41 Å². The highest BCUT2D eigenvalue weighted by Crippen LogP contribution is 2.35. The molecular weight excluding hydrogens is 280 g/mol. The van der Waals surface area contributed by atoms with Crippen LogP contribution in [0.4, 0.5) is 9.39 Å². The van der Waals surface area contributed by atoms with Crippen LogP contribution < -0.4 is 5.23 Å². The molecule has 0 atom stereocenters. The van der Waals surface area contributed by atoms with Crippen molar-refractivity contribution in [3.05, 3.63) is 28.5 Å². The topological polar surface area (TPSA) is 32.3 Å². The van der Waals surface area contributed by atoms with Crippen molar-refractivity contribution in [1.29, 1.82) is 0 Å². The van der Waals surface area contributed by atoms with Gasteiger partial charge in [-0.2, -0.15) is 0 Å². The van der Waals surface area contributed by atoms with Crippen LogP contribution in [0.1, 0.15) is 0 Å². The Kier molecular flexibility index (Phi) is 3.00. The van der Waals surface area contributed by atoms with Crippen LogP contribution in [-0.2, 0) is 0 Å². The average Bonchev–Trinajstić information content (AvgIpc) is 2.54. The van der Waals surface area contributed by atoms with E-state index in [0.717, 1.165) is 15.1 Å². The van der Waals surface area contributed by atoms with Gasteiger partial charge in [0.05, 0.1) is 9.47 Å². The van der Waals surface area contributed by atoms with Gasteiger partial charge >= 0.3 is 7.05 Å². The Morgan fingerprint density at radius 2 is 2.27 bits per heavy atom. The van der Waals surface area contributed by atoms with Crippen LogP contribution in [0.5, 0.6) is 0 Å². The zero-order valence-corrected chi connectivity index (χ0v) is 10.3. The van der Waals surface area contributed by atoms with E-state index < -0.39 is 7.05 Å². The third kappa shape index (κ3) is 2.16. The van der Waals surface area contributed by atoms with Crippen molar-refractivity contribution in [2.75, 3.05) is 5.23 Å². The molecule has 2 nitrogen and oxygen atoms in total. The molecule has 2 aromatic rings. The van der Waals surface area contributed by atoms with Crippen molar-refractivity contribution in [1.82, 2.24) is 0 Å². The van der Waals surface area contributed by atoms with Crippen molar-refractivity contribution in [3.8, 4) is 0 Å². The fraction of sp³-hybridized carbons (Fsp3) is 0.111. The van der Waals surface area contributed by atoms with Gasteiger partial charge in [0, 0.05) is 10.1 Å². The molecular formula is C9H8BBrFNOS. The minimum Gasteiger partial charge on any atom is -0.433 e. The normalized spacial score (nSPS) is 10.7. The number of anilines is 1. The second-order valence-corrected chi connectivity index (χ2v) is 5.08. The molecule has 0 aliphatic rings. The number of nitrogens with one attached hydrogen (secondary N) is 1. The van der Waals surface area contributed by atoms with Crippen molar-refractivity contribution in [2.45, 2.75) is 6.82 Å². The molecule has 0 aliphatic heterocycles. The van der Waals surface area contributed by atoms with Gasteiger partial charge in [-0.25, -0.2) is 4.39 Å². The monoisotopic (exact) mass is 287 g/mol. The Morgan fingerprint density at radius 1 is 1.53 bits per heavy atom. The largest absolute Gasteiger partial charge is 0.433 e. The van der Waals surface area contributed by atoms with E-state index in [1.54, 1.807) is 12.9 Å². The molecule has 78 valence electrons. The lowest BCUT2D eigenvalue weighted by Crippen LogP contribution is -2.18. The number of thiophene rings is 1. The third-order valence-corrected chi connectivity index (χ3v) is 3.78. The fourth-order valence-electron chi connectivity index (χ4n) is 1.33. The molecule has 1 heterocycles. The van der Waals surface area contributed by atoms with Crippen LogP contribution in [0.2, 0.25) is 6.82 Å². The zero-order valence-electron chi connectivity index (χ0n) is 7.92. The number of rotatable bonds is 2. The molecule has 15 heavy (non-hydrogen) atoms. The summed E-state index contributed by atoms with van der Waals surface area (Å²) in [7, 11) is -0.610. The smallest absolute Gasteiger partial charge is 0.407 e. The van der Waals surface area contributed by atoms with Gasteiger partial charge in [0.15, 0.2) is 0 Å². The summed E-state index contributed by atoms with van der Waals surface area (Å²) in [6.45, 7) is 1.64. The van der Waals surface area contributed by atoms with Crippen LogP contribution in [0.15, 0.2) is 22.7 Å². The molecule has 0 unspecified atom stereocenters. The predicted molar refractivity (Wildman–Crippen MR) is 66.9 cm³/mol. The Labute approximate surface area is 99.4 Å². The van der Waals surface area contributed by atoms with Gasteiger partial charge < -0.3 is 10.3 Å². The van der Waals surface area contributed by atoms with Crippen LogP contribution in [0, 0.1) is 5.82 Å². The lowest BCUT2D eigenvalue weighted by molar-refractivity contribution is 0.587. The molecule has 0 fully saturated rings. The minimum absolute atomic E-state index is 0.274. The summed E-state index contributed by atoms with van der Waals surface area (Å²) in [5.41, 5.74) is 0. The van der Waals surface area contributed by atoms with Crippen molar-refractivity contribution in [3.63, 3.8) is 0 Å². The summed E-state index contributed by atoms with van der Waals surface area (Å²) in [5.74, 6) is -0.274. The van der Waals surface area contributed by atoms with Crippen LogP contribution in [0.25, 0.3) is 10.1 Å². The van der Waals surface area contributed by atoms with Gasteiger partial charge in [-0.15, -0.1) is 11.3 Å². The highest BCUT2D eigenvalue weighted by atomic mass is 79.9. The van der Waals surface area contributed by atoms with E-state index in [0.29, 0.717) is 4.47 Å². The van der Waals surface area contributed by atoms with Crippen LogP contribution >= 0.6 is 27.3 Å². The maximum Gasteiger partial charge on any atom is 0.407 e. The van der Waals surface area contributed by atoms with Gasteiger partial charge in [-0.3, -0.25) is 0 Å². The molecule has 0 radical (unpaired) electrons. The molecule has 0 aliphatic carbocycles. The first-order valence-corrected chi connectivity index (χ1v) is 6.01. The van der Waals surface area contributed by atoms with Gasteiger partial charge in [-0.1, -0.05) is 0 Å². The number of fused-ring (bicyclic) bond motifs is 1. The number of hydrogen-bond donors (Lipinski definition) is 2. The summed E-state index contributed by atoms with van der Waals surface area (Å²) >= 11 is 4.68. The molecule has 0 saturated heterocycles. The summed E-state index contributed by atoms with van der Waals surface area (Å²) in [4.78, 5) is 0. The predicted octanol–water partition coefficient (Wildman–Crippen LogP) is 3.33. The number of benzene rings is 1. The molecule has 6 heteroatoms. The lowest BCUT2D eigenvalue weighted by Gasteiger charge is -1.99. The molecule has 0 spiro atoms. The van der Waals surface area contributed by atoms with Gasteiger partial charge in [0.2, 0.25) is 0 Å². The van der Waals surface area contributed by atoms with E-state index in [1.165, 1.54) is 17.4 Å². The second kappa shape index (κ2) is 4.12. The first-order chi connectivity index (χ1) is 7.08. The number of halogens is 2. The molecule has 0 amide bonds. The molecule has 2 N–H and O–H groups in total. The first-order valence-electron chi connectivity index (χ1n) is 4.40. The molecule has 2 rings (SSSR count).